The molecule has 0 aromatic carbocycles. The van der Waals surface area contributed by atoms with Crippen LogP contribution in [-0.2, 0) is 6.18 Å². The molecule has 0 fully saturated rings. The van der Waals surface area contributed by atoms with E-state index in [2.05, 4.69) is 22.2 Å². The van der Waals surface area contributed by atoms with Crippen molar-refractivity contribution in [2.75, 3.05) is 23.8 Å². The van der Waals surface area contributed by atoms with Gasteiger partial charge in [0.25, 0.3) is 0 Å². The number of halogens is 3. The summed E-state index contributed by atoms with van der Waals surface area (Å²) < 4.78 is 38.7. The van der Waals surface area contributed by atoms with E-state index < -0.39 is 12.0 Å². The van der Waals surface area contributed by atoms with Gasteiger partial charge in [0, 0.05) is 25.7 Å². The second kappa shape index (κ2) is 7.47. The summed E-state index contributed by atoms with van der Waals surface area (Å²) >= 11 is 0. The number of nitrogens with one attached hydrogen (secondary N) is 1. The first-order valence-electron chi connectivity index (χ1n) is 7.24. The average Bonchev–Trinajstić information content (AvgIpc) is 2.46. The van der Waals surface area contributed by atoms with Gasteiger partial charge in [-0.1, -0.05) is 20.3 Å². The molecule has 21 heavy (non-hydrogen) atoms. The smallest absolute Gasteiger partial charge is 0.373 e. The van der Waals surface area contributed by atoms with Crippen molar-refractivity contribution >= 4 is 11.6 Å². The molecule has 0 aliphatic heterocycles. The summed E-state index contributed by atoms with van der Waals surface area (Å²) in [5, 5.41) is 2.67. The van der Waals surface area contributed by atoms with Crippen LogP contribution in [0, 0.1) is 0 Å². The molecule has 120 valence electrons. The van der Waals surface area contributed by atoms with Crippen LogP contribution < -0.4 is 10.2 Å². The van der Waals surface area contributed by atoms with Crippen LogP contribution in [0.5, 0.6) is 0 Å². The van der Waals surface area contributed by atoms with Gasteiger partial charge in [-0.05, 0) is 19.8 Å². The Labute approximate surface area is 123 Å². The predicted molar refractivity (Wildman–Crippen MR) is 78.6 cm³/mol. The number of unbranched alkanes of at least 4 members (excludes halogenated alkanes) is 1. The van der Waals surface area contributed by atoms with Gasteiger partial charge in [-0.25, -0.2) is 9.97 Å². The number of hydrogen-bond acceptors (Lipinski definition) is 4. The molecule has 0 aliphatic rings. The first kappa shape index (κ1) is 17.5. The third kappa shape index (κ3) is 4.75. The third-order valence-electron chi connectivity index (χ3n) is 3.39. The van der Waals surface area contributed by atoms with E-state index in [4.69, 9.17) is 0 Å². The van der Waals surface area contributed by atoms with Crippen LogP contribution in [-0.4, -0.2) is 29.6 Å². The Morgan fingerprint density at radius 3 is 2.43 bits per heavy atom. The van der Waals surface area contributed by atoms with Crippen molar-refractivity contribution in [3.8, 4) is 0 Å². The Morgan fingerprint density at radius 2 is 1.95 bits per heavy atom. The number of alkyl halides is 3. The van der Waals surface area contributed by atoms with Crippen LogP contribution >= 0.6 is 0 Å². The number of aromatic nitrogens is 2. The second-order valence-corrected chi connectivity index (χ2v) is 4.99. The lowest BCUT2D eigenvalue weighted by Gasteiger charge is -2.30. The van der Waals surface area contributed by atoms with Crippen LogP contribution in [0.25, 0.3) is 0 Å². The van der Waals surface area contributed by atoms with Gasteiger partial charge in [-0.2, -0.15) is 13.2 Å². The first-order valence-corrected chi connectivity index (χ1v) is 7.24. The molecule has 0 bridgehead atoms. The van der Waals surface area contributed by atoms with E-state index in [1.807, 2.05) is 18.7 Å². The van der Waals surface area contributed by atoms with Crippen LogP contribution in [0.3, 0.4) is 0 Å². The zero-order valence-corrected chi connectivity index (χ0v) is 13.0. The lowest BCUT2D eigenvalue weighted by Crippen LogP contribution is -2.35. The molecule has 1 aromatic heterocycles. The number of anilines is 2. The minimum Gasteiger partial charge on any atom is -0.373 e. The largest absolute Gasteiger partial charge is 0.451 e. The van der Waals surface area contributed by atoms with Crippen LogP contribution in [0.15, 0.2) is 6.07 Å². The van der Waals surface area contributed by atoms with E-state index in [1.165, 1.54) is 0 Å². The van der Waals surface area contributed by atoms with Gasteiger partial charge in [0.1, 0.15) is 11.6 Å². The molecule has 1 aromatic rings. The summed E-state index contributed by atoms with van der Waals surface area (Å²) in [5.41, 5.74) is 0. The molecular weight excluding hydrogens is 281 g/mol. The molecule has 4 nitrogen and oxygen atoms in total. The maximum absolute atomic E-state index is 12.9. The van der Waals surface area contributed by atoms with Gasteiger partial charge in [0.2, 0.25) is 5.82 Å². The third-order valence-corrected chi connectivity index (χ3v) is 3.39. The SMILES string of the molecule is CCCCN(c1cc(NC)nc(C(F)(F)F)n1)C(C)CC. The van der Waals surface area contributed by atoms with Crippen molar-refractivity contribution in [2.45, 2.75) is 52.3 Å². The summed E-state index contributed by atoms with van der Waals surface area (Å²) in [7, 11) is 1.55. The molecule has 0 aliphatic carbocycles. The highest BCUT2D eigenvalue weighted by Gasteiger charge is 2.36. The Morgan fingerprint density at radius 1 is 1.29 bits per heavy atom. The normalized spacial score (nSPS) is 13.1. The van der Waals surface area contributed by atoms with Gasteiger partial charge >= 0.3 is 6.18 Å². The van der Waals surface area contributed by atoms with E-state index in [9.17, 15) is 13.2 Å². The summed E-state index contributed by atoms with van der Waals surface area (Å²) in [6, 6.07) is 1.69. The summed E-state index contributed by atoms with van der Waals surface area (Å²) in [6.07, 6.45) is -1.83. The van der Waals surface area contributed by atoms with Gasteiger partial charge in [0.05, 0.1) is 0 Å². The molecule has 0 spiro atoms. The Hall–Kier alpha value is -1.53. The Kier molecular flexibility index (Phi) is 6.23. The fourth-order valence-electron chi connectivity index (χ4n) is 1.95. The monoisotopic (exact) mass is 304 g/mol. The zero-order valence-electron chi connectivity index (χ0n) is 13.0. The first-order chi connectivity index (χ1) is 9.83. The standard InChI is InChI=1S/C14H23F3N4/c1-5-7-8-21(10(3)6-2)12-9-11(18-4)19-13(20-12)14(15,16)17/h9-10H,5-8H2,1-4H3,(H,18,19,20). The topological polar surface area (TPSA) is 41.0 Å². The summed E-state index contributed by atoms with van der Waals surface area (Å²) in [5.74, 6) is -0.601. The van der Waals surface area contributed by atoms with Crippen LogP contribution in [0.1, 0.15) is 45.9 Å². The zero-order chi connectivity index (χ0) is 16.0. The maximum atomic E-state index is 12.9. The van der Waals surface area contributed by atoms with Crippen molar-refractivity contribution in [1.82, 2.24) is 9.97 Å². The van der Waals surface area contributed by atoms with Gasteiger partial charge < -0.3 is 10.2 Å². The van der Waals surface area contributed by atoms with E-state index in [1.54, 1.807) is 13.1 Å². The minimum absolute atomic E-state index is 0.122. The van der Waals surface area contributed by atoms with E-state index in [0.717, 1.165) is 19.3 Å². The summed E-state index contributed by atoms with van der Waals surface area (Å²) in [4.78, 5) is 9.14. The molecule has 7 heteroatoms. The van der Waals surface area contributed by atoms with E-state index in [0.29, 0.717) is 12.4 Å². The highest BCUT2D eigenvalue weighted by atomic mass is 19.4. The molecule has 0 saturated carbocycles. The molecule has 0 radical (unpaired) electrons. The van der Waals surface area contributed by atoms with Crippen molar-refractivity contribution in [3.05, 3.63) is 11.9 Å². The molecule has 1 unspecified atom stereocenters. The second-order valence-electron chi connectivity index (χ2n) is 4.99. The number of nitrogens with zero attached hydrogens (tertiary/aromatic N) is 3. The highest BCUT2D eigenvalue weighted by molar-refractivity contribution is 5.50. The molecule has 0 saturated heterocycles. The maximum Gasteiger partial charge on any atom is 0.451 e. The van der Waals surface area contributed by atoms with Crippen molar-refractivity contribution < 1.29 is 13.2 Å². The minimum atomic E-state index is -4.55. The highest BCUT2D eigenvalue weighted by Crippen LogP contribution is 2.30. The fourth-order valence-corrected chi connectivity index (χ4v) is 1.95. The lowest BCUT2D eigenvalue weighted by atomic mass is 10.2. The van der Waals surface area contributed by atoms with Gasteiger partial charge in [0.15, 0.2) is 0 Å². The molecule has 1 rings (SSSR count). The molecule has 0 amide bonds. The molecule has 1 heterocycles. The Bertz CT molecular complexity index is 448. The van der Waals surface area contributed by atoms with Crippen LogP contribution in [0.4, 0.5) is 24.8 Å². The number of hydrogen-bond donors (Lipinski definition) is 1. The average molecular weight is 304 g/mol. The van der Waals surface area contributed by atoms with Gasteiger partial charge in [-0.3, -0.25) is 0 Å². The Balaban J connectivity index is 3.22. The van der Waals surface area contributed by atoms with Crippen LogP contribution in [0.2, 0.25) is 0 Å². The van der Waals surface area contributed by atoms with Crippen molar-refractivity contribution in [3.63, 3.8) is 0 Å². The van der Waals surface area contributed by atoms with E-state index >= 15 is 0 Å². The molecule has 1 N–H and O–H groups in total. The summed E-state index contributed by atoms with van der Waals surface area (Å²) in [6.45, 7) is 6.73. The number of rotatable bonds is 7. The van der Waals surface area contributed by atoms with Gasteiger partial charge in [-0.15, -0.1) is 0 Å². The molecule has 1 atom stereocenters. The van der Waals surface area contributed by atoms with Crippen molar-refractivity contribution in [1.29, 1.82) is 0 Å². The van der Waals surface area contributed by atoms with E-state index in [-0.39, 0.29) is 11.9 Å². The fraction of sp³-hybridized carbons (Fsp3) is 0.714. The molecular formula is C14H23F3N4. The van der Waals surface area contributed by atoms with Crippen molar-refractivity contribution in [2.24, 2.45) is 0 Å². The predicted octanol–water partition coefficient (Wildman–Crippen LogP) is 3.94. The lowest BCUT2D eigenvalue weighted by molar-refractivity contribution is -0.144. The quantitative estimate of drug-likeness (QED) is 0.828.